The van der Waals surface area contributed by atoms with Crippen LogP contribution in [0.2, 0.25) is 0 Å². The van der Waals surface area contributed by atoms with Gasteiger partial charge < -0.3 is 19.3 Å². The zero-order valence-electron chi connectivity index (χ0n) is 11.6. The van der Waals surface area contributed by atoms with E-state index in [9.17, 15) is 5.11 Å². The Morgan fingerprint density at radius 1 is 1.39 bits per heavy atom. The molecule has 0 radical (unpaired) electrons. The first-order valence-electron chi connectivity index (χ1n) is 7.22. The van der Waals surface area contributed by atoms with Crippen molar-refractivity contribution in [2.45, 2.75) is 57.3 Å². The van der Waals surface area contributed by atoms with Crippen molar-refractivity contribution in [2.24, 2.45) is 5.92 Å². The molecule has 1 N–H and O–H groups in total. The highest BCUT2D eigenvalue weighted by Gasteiger charge is 2.43. The van der Waals surface area contributed by atoms with Gasteiger partial charge in [0.25, 0.3) is 0 Å². The van der Waals surface area contributed by atoms with Gasteiger partial charge in [-0.2, -0.15) is 0 Å². The average Bonchev–Trinajstić information content (AvgIpc) is 2.83. The highest BCUT2D eigenvalue weighted by Crippen LogP contribution is 2.38. The first kappa shape index (κ1) is 14.3. The molecule has 18 heavy (non-hydrogen) atoms. The molecule has 0 saturated carbocycles. The highest BCUT2D eigenvalue weighted by atomic mass is 16.6. The van der Waals surface area contributed by atoms with E-state index in [1.54, 1.807) is 0 Å². The Labute approximate surface area is 110 Å². The second-order valence-electron chi connectivity index (χ2n) is 5.48. The lowest BCUT2D eigenvalue weighted by atomic mass is 9.80. The Bertz CT molecular complexity index is 250. The molecule has 2 saturated heterocycles. The van der Waals surface area contributed by atoms with E-state index in [-0.39, 0.29) is 23.7 Å². The molecule has 0 amide bonds. The second kappa shape index (κ2) is 6.33. The van der Waals surface area contributed by atoms with Crippen molar-refractivity contribution >= 4 is 0 Å². The maximum absolute atomic E-state index is 10.5. The summed E-state index contributed by atoms with van der Waals surface area (Å²) in [4.78, 5) is 0. The zero-order valence-corrected chi connectivity index (χ0v) is 11.6. The standard InChI is InChI=1S/C14H26O4/c1-3-12(17-4-2)13(15)11-5-7-18-14(9-11)6-8-16-10-14/h11-13,15H,3-10H2,1-2H3. The SMILES string of the molecule is CCOC(CC)C(O)C1CCOC2(CCOC2)C1. The van der Waals surface area contributed by atoms with Gasteiger partial charge in [0.05, 0.1) is 24.4 Å². The van der Waals surface area contributed by atoms with Gasteiger partial charge in [-0.1, -0.05) is 6.92 Å². The summed E-state index contributed by atoms with van der Waals surface area (Å²) in [6, 6.07) is 0. The molecule has 0 aromatic carbocycles. The third kappa shape index (κ3) is 3.05. The van der Waals surface area contributed by atoms with Crippen LogP contribution in [0.3, 0.4) is 0 Å². The average molecular weight is 258 g/mol. The van der Waals surface area contributed by atoms with E-state index in [0.29, 0.717) is 13.2 Å². The highest BCUT2D eigenvalue weighted by molar-refractivity contribution is 4.93. The number of aliphatic hydroxyl groups excluding tert-OH is 1. The molecule has 4 heteroatoms. The van der Waals surface area contributed by atoms with Crippen LogP contribution in [0.1, 0.15) is 39.5 Å². The molecule has 0 aromatic heterocycles. The molecule has 1 spiro atoms. The van der Waals surface area contributed by atoms with Crippen LogP contribution in [-0.4, -0.2) is 49.3 Å². The molecule has 2 aliphatic rings. The molecule has 0 bridgehead atoms. The Balaban J connectivity index is 1.94. The molecule has 0 aliphatic carbocycles. The van der Waals surface area contributed by atoms with E-state index >= 15 is 0 Å². The molecule has 106 valence electrons. The Kier molecular flexibility index (Phi) is 5.01. The van der Waals surface area contributed by atoms with E-state index in [1.807, 2.05) is 6.92 Å². The first-order valence-corrected chi connectivity index (χ1v) is 7.22. The number of rotatable bonds is 5. The second-order valence-corrected chi connectivity index (χ2v) is 5.48. The van der Waals surface area contributed by atoms with Crippen LogP contribution in [0.25, 0.3) is 0 Å². The normalized spacial score (nSPS) is 35.8. The minimum atomic E-state index is -0.378. The quantitative estimate of drug-likeness (QED) is 0.816. The largest absolute Gasteiger partial charge is 0.390 e. The fourth-order valence-electron chi connectivity index (χ4n) is 3.20. The van der Waals surface area contributed by atoms with Gasteiger partial charge in [0.2, 0.25) is 0 Å². The van der Waals surface area contributed by atoms with Crippen LogP contribution >= 0.6 is 0 Å². The molecule has 0 aromatic rings. The van der Waals surface area contributed by atoms with E-state index in [0.717, 1.165) is 38.9 Å². The summed E-state index contributed by atoms with van der Waals surface area (Å²) in [7, 11) is 0. The first-order chi connectivity index (χ1) is 8.71. The Hall–Kier alpha value is -0.160. The number of hydrogen-bond donors (Lipinski definition) is 1. The minimum absolute atomic E-state index is 0.0440. The monoisotopic (exact) mass is 258 g/mol. The van der Waals surface area contributed by atoms with Gasteiger partial charge in [-0.3, -0.25) is 0 Å². The molecular weight excluding hydrogens is 232 g/mol. The summed E-state index contributed by atoms with van der Waals surface area (Å²) < 4.78 is 17.0. The van der Waals surface area contributed by atoms with Gasteiger partial charge in [-0.05, 0) is 32.1 Å². The van der Waals surface area contributed by atoms with Gasteiger partial charge in [0, 0.05) is 26.2 Å². The summed E-state index contributed by atoms with van der Waals surface area (Å²) in [6.45, 7) is 6.90. The van der Waals surface area contributed by atoms with Crippen molar-refractivity contribution in [2.75, 3.05) is 26.4 Å². The van der Waals surface area contributed by atoms with Gasteiger partial charge >= 0.3 is 0 Å². The molecule has 2 rings (SSSR count). The van der Waals surface area contributed by atoms with Crippen molar-refractivity contribution in [1.29, 1.82) is 0 Å². The third-order valence-corrected chi connectivity index (χ3v) is 4.25. The molecule has 2 fully saturated rings. The van der Waals surface area contributed by atoms with Gasteiger partial charge in [0.15, 0.2) is 0 Å². The predicted molar refractivity (Wildman–Crippen MR) is 68.6 cm³/mol. The smallest absolute Gasteiger partial charge is 0.0940 e. The molecule has 4 atom stereocenters. The number of ether oxygens (including phenoxy) is 3. The fourth-order valence-corrected chi connectivity index (χ4v) is 3.20. The molecular formula is C14H26O4. The van der Waals surface area contributed by atoms with Crippen molar-refractivity contribution in [3.05, 3.63) is 0 Å². The minimum Gasteiger partial charge on any atom is -0.390 e. The lowest BCUT2D eigenvalue weighted by Gasteiger charge is -2.40. The third-order valence-electron chi connectivity index (χ3n) is 4.25. The molecule has 4 unspecified atom stereocenters. The van der Waals surface area contributed by atoms with Gasteiger partial charge in [0.1, 0.15) is 0 Å². The summed E-state index contributed by atoms with van der Waals surface area (Å²) in [5.41, 5.74) is -0.131. The van der Waals surface area contributed by atoms with Crippen LogP contribution in [0.15, 0.2) is 0 Å². The molecule has 2 heterocycles. The number of aliphatic hydroxyl groups is 1. The van der Waals surface area contributed by atoms with Crippen LogP contribution in [0.5, 0.6) is 0 Å². The van der Waals surface area contributed by atoms with E-state index in [2.05, 4.69) is 6.92 Å². The van der Waals surface area contributed by atoms with Crippen molar-refractivity contribution < 1.29 is 19.3 Å². The Morgan fingerprint density at radius 3 is 2.83 bits per heavy atom. The van der Waals surface area contributed by atoms with Crippen LogP contribution < -0.4 is 0 Å². The van der Waals surface area contributed by atoms with Crippen molar-refractivity contribution in [1.82, 2.24) is 0 Å². The fraction of sp³-hybridized carbons (Fsp3) is 1.00. The Morgan fingerprint density at radius 2 is 2.22 bits per heavy atom. The lowest BCUT2D eigenvalue weighted by Crippen LogP contribution is -2.46. The maximum Gasteiger partial charge on any atom is 0.0940 e. The van der Waals surface area contributed by atoms with Crippen LogP contribution in [0.4, 0.5) is 0 Å². The van der Waals surface area contributed by atoms with Crippen molar-refractivity contribution in [3.63, 3.8) is 0 Å². The van der Waals surface area contributed by atoms with Crippen molar-refractivity contribution in [3.8, 4) is 0 Å². The summed E-state index contributed by atoms with van der Waals surface area (Å²) in [5, 5.41) is 10.5. The van der Waals surface area contributed by atoms with Gasteiger partial charge in [-0.15, -0.1) is 0 Å². The summed E-state index contributed by atoms with van der Waals surface area (Å²) in [5.74, 6) is 0.275. The topological polar surface area (TPSA) is 47.9 Å². The predicted octanol–water partition coefficient (Wildman–Crippen LogP) is 1.75. The lowest BCUT2D eigenvalue weighted by molar-refractivity contribution is -0.138. The number of hydrogen-bond acceptors (Lipinski definition) is 4. The maximum atomic E-state index is 10.5. The van der Waals surface area contributed by atoms with Gasteiger partial charge in [-0.25, -0.2) is 0 Å². The van der Waals surface area contributed by atoms with Crippen LogP contribution in [-0.2, 0) is 14.2 Å². The van der Waals surface area contributed by atoms with E-state index in [4.69, 9.17) is 14.2 Å². The van der Waals surface area contributed by atoms with E-state index < -0.39 is 0 Å². The van der Waals surface area contributed by atoms with E-state index in [1.165, 1.54) is 0 Å². The summed E-state index contributed by atoms with van der Waals surface area (Å²) >= 11 is 0. The zero-order chi connectivity index (χ0) is 13.0. The van der Waals surface area contributed by atoms with Crippen LogP contribution in [0, 0.1) is 5.92 Å². The summed E-state index contributed by atoms with van der Waals surface area (Å²) in [6.07, 6.45) is 3.22. The molecule has 4 nitrogen and oxygen atoms in total. The molecule has 2 aliphatic heterocycles.